The fourth-order valence-corrected chi connectivity index (χ4v) is 2.44. The van der Waals surface area contributed by atoms with Crippen LogP contribution in [0.2, 0.25) is 0 Å². The Balaban J connectivity index is 2.45. The summed E-state index contributed by atoms with van der Waals surface area (Å²) >= 11 is 0. The van der Waals surface area contributed by atoms with Gasteiger partial charge in [0, 0.05) is 30.3 Å². The van der Waals surface area contributed by atoms with E-state index in [0.29, 0.717) is 0 Å². The third-order valence-corrected chi connectivity index (χ3v) is 3.19. The SMILES string of the molecule is CCNC(c1cc(C)nc(C)c1)c1nccn1CC. The quantitative estimate of drug-likeness (QED) is 0.896. The molecule has 1 unspecified atom stereocenters. The second-order valence-electron chi connectivity index (χ2n) is 4.75. The standard InChI is InChI=1S/C15H22N4/c1-5-16-14(15-17-7-8-19(15)6-2)13-9-11(3)18-12(4)10-13/h7-10,14,16H,5-6H2,1-4H3. The maximum Gasteiger partial charge on any atom is 0.130 e. The average molecular weight is 258 g/mol. The van der Waals surface area contributed by atoms with E-state index in [1.165, 1.54) is 5.56 Å². The molecule has 4 nitrogen and oxygen atoms in total. The molecular formula is C15H22N4. The van der Waals surface area contributed by atoms with Gasteiger partial charge in [-0.1, -0.05) is 6.92 Å². The van der Waals surface area contributed by atoms with Gasteiger partial charge in [0.25, 0.3) is 0 Å². The Morgan fingerprint density at radius 1 is 1.21 bits per heavy atom. The van der Waals surface area contributed by atoms with Crippen LogP contribution in [0.5, 0.6) is 0 Å². The maximum absolute atomic E-state index is 4.52. The zero-order valence-electron chi connectivity index (χ0n) is 12.1. The third kappa shape index (κ3) is 3.01. The average Bonchev–Trinajstić information content (AvgIpc) is 2.82. The van der Waals surface area contributed by atoms with Crippen LogP contribution in [0.4, 0.5) is 0 Å². The first-order valence-electron chi connectivity index (χ1n) is 6.85. The molecule has 1 N–H and O–H groups in total. The first-order valence-corrected chi connectivity index (χ1v) is 6.85. The predicted octanol–water partition coefficient (Wildman–Crippen LogP) is 2.61. The summed E-state index contributed by atoms with van der Waals surface area (Å²) in [6.45, 7) is 10.2. The van der Waals surface area contributed by atoms with Gasteiger partial charge >= 0.3 is 0 Å². The zero-order valence-corrected chi connectivity index (χ0v) is 12.1. The van der Waals surface area contributed by atoms with Crippen LogP contribution >= 0.6 is 0 Å². The van der Waals surface area contributed by atoms with Gasteiger partial charge in [-0.05, 0) is 45.0 Å². The number of rotatable bonds is 5. The van der Waals surface area contributed by atoms with Crippen LogP contribution in [0.25, 0.3) is 0 Å². The largest absolute Gasteiger partial charge is 0.334 e. The normalized spacial score (nSPS) is 12.6. The van der Waals surface area contributed by atoms with Crippen molar-refractivity contribution >= 4 is 0 Å². The maximum atomic E-state index is 4.52. The molecule has 0 saturated carbocycles. The lowest BCUT2D eigenvalue weighted by atomic mass is 10.1. The number of imidazole rings is 1. The van der Waals surface area contributed by atoms with Gasteiger partial charge in [-0.2, -0.15) is 0 Å². The second kappa shape index (κ2) is 5.97. The fraction of sp³-hybridized carbons (Fsp3) is 0.467. The first kappa shape index (κ1) is 13.7. The lowest BCUT2D eigenvalue weighted by Crippen LogP contribution is -2.25. The molecule has 0 saturated heterocycles. The smallest absolute Gasteiger partial charge is 0.130 e. The first-order chi connectivity index (χ1) is 9.15. The molecule has 0 aliphatic rings. The van der Waals surface area contributed by atoms with Gasteiger partial charge in [-0.3, -0.25) is 4.98 Å². The van der Waals surface area contributed by atoms with Crippen molar-refractivity contribution in [1.82, 2.24) is 19.9 Å². The highest BCUT2D eigenvalue weighted by molar-refractivity contribution is 5.28. The molecule has 1 atom stereocenters. The third-order valence-electron chi connectivity index (χ3n) is 3.19. The lowest BCUT2D eigenvalue weighted by molar-refractivity contribution is 0.558. The van der Waals surface area contributed by atoms with E-state index in [2.05, 4.69) is 45.8 Å². The molecule has 0 fully saturated rings. The van der Waals surface area contributed by atoms with Gasteiger partial charge in [-0.15, -0.1) is 0 Å². The summed E-state index contributed by atoms with van der Waals surface area (Å²) in [6.07, 6.45) is 3.89. The van der Waals surface area contributed by atoms with Crippen molar-refractivity contribution in [3.63, 3.8) is 0 Å². The highest BCUT2D eigenvalue weighted by Gasteiger charge is 2.18. The van der Waals surface area contributed by atoms with Crippen molar-refractivity contribution in [2.75, 3.05) is 6.54 Å². The van der Waals surface area contributed by atoms with Gasteiger partial charge in [0.05, 0.1) is 6.04 Å². The van der Waals surface area contributed by atoms with E-state index in [1.807, 2.05) is 26.2 Å². The van der Waals surface area contributed by atoms with Crippen LogP contribution in [0.3, 0.4) is 0 Å². The molecule has 2 aromatic heterocycles. The Morgan fingerprint density at radius 3 is 2.47 bits per heavy atom. The summed E-state index contributed by atoms with van der Waals surface area (Å²) in [5, 5.41) is 3.52. The molecule has 0 bridgehead atoms. The van der Waals surface area contributed by atoms with Crippen LogP contribution in [-0.2, 0) is 6.54 Å². The fourth-order valence-electron chi connectivity index (χ4n) is 2.44. The van der Waals surface area contributed by atoms with Crippen molar-refractivity contribution in [2.45, 2.75) is 40.3 Å². The topological polar surface area (TPSA) is 42.7 Å². The van der Waals surface area contributed by atoms with Crippen LogP contribution < -0.4 is 5.32 Å². The van der Waals surface area contributed by atoms with Crippen molar-refractivity contribution in [1.29, 1.82) is 0 Å². The van der Waals surface area contributed by atoms with E-state index in [9.17, 15) is 0 Å². The Kier molecular flexibility index (Phi) is 4.32. The lowest BCUT2D eigenvalue weighted by Gasteiger charge is -2.19. The molecule has 0 aliphatic heterocycles. The summed E-state index contributed by atoms with van der Waals surface area (Å²) in [4.78, 5) is 8.97. The van der Waals surface area contributed by atoms with E-state index in [-0.39, 0.29) is 6.04 Å². The van der Waals surface area contributed by atoms with Crippen molar-refractivity contribution in [3.05, 3.63) is 47.3 Å². The number of nitrogens with one attached hydrogen (secondary N) is 1. The van der Waals surface area contributed by atoms with Crippen molar-refractivity contribution in [3.8, 4) is 0 Å². The minimum Gasteiger partial charge on any atom is -0.334 e. The number of nitrogens with zero attached hydrogens (tertiary/aromatic N) is 3. The summed E-state index contributed by atoms with van der Waals surface area (Å²) < 4.78 is 2.18. The minimum absolute atomic E-state index is 0.125. The Morgan fingerprint density at radius 2 is 1.89 bits per heavy atom. The molecule has 0 spiro atoms. The molecule has 19 heavy (non-hydrogen) atoms. The van der Waals surface area contributed by atoms with Crippen LogP contribution in [0, 0.1) is 13.8 Å². The highest BCUT2D eigenvalue weighted by atomic mass is 15.1. The Labute approximate surface area is 114 Å². The molecule has 2 aromatic rings. The van der Waals surface area contributed by atoms with Gasteiger partial charge < -0.3 is 9.88 Å². The van der Waals surface area contributed by atoms with Crippen molar-refractivity contribution in [2.24, 2.45) is 0 Å². The Hall–Kier alpha value is -1.68. The number of hydrogen-bond acceptors (Lipinski definition) is 3. The van der Waals surface area contributed by atoms with Crippen LogP contribution in [0.15, 0.2) is 24.5 Å². The molecule has 102 valence electrons. The minimum atomic E-state index is 0.125. The van der Waals surface area contributed by atoms with E-state index < -0.39 is 0 Å². The summed E-state index contributed by atoms with van der Waals surface area (Å²) in [6, 6.07) is 4.39. The number of aromatic nitrogens is 3. The number of hydrogen-bond donors (Lipinski definition) is 1. The second-order valence-corrected chi connectivity index (χ2v) is 4.75. The summed E-state index contributed by atoms with van der Waals surface area (Å²) in [5.41, 5.74) is 3.33. The monoisotopic (exact) mass is 258 g/mol. The molecular weight excluding hydrogens is 236 g/mol. The number of aryl methyl sites for hydroxylation is 3. The van der Waals surface area contributed by atoms with E-state index in [1.54, 1.807) is 0 Å². The summed E-state index contributed by atoms with van der Waals surface area (Å²) in [7, 11) is 0. The Bertz CT molecular complexity index is 525. The van der Waals surface area contributed by atoms with Crippen molar-refractivity contribution < 1.29 is 0 Å². The van der Waals surface area contributed by atoms with E-state index in [0.717, 1.165) is 30.3 Å². The van der Waals surface area contributed by atoms with Gasteiger partial charge in [0.15, 0.2) is 0 Å². The predicted molar refractivity (Wildman–Crippen MR) is 77.1 cm³/mol. The zero-order chi connectivity index (χ0) is 13.8. The molecule has 0 amide bonds. The number of pyridine rings is 1. The summed E-state index contributed by atoms with van der Waals surface area (Å²) in [5.74, 6) is 1.06. The molecule has 2 rings (SSSR count). The highest BCUT2D eigenvalue weighted by Crippen LogP contribution is 2.22. The van der Waals surface area contributed by atoms with E-state index in [4.69, 9.17) is 0 Å². The molecule has 0 radical (unpaired) electrons. The van der Waals surface area contributed by atoms with Gasteiger partial charge in [0.2, 0.25) is 0 Å². The van der Waals surface area contributed by atoms with Gasteiger partial charge in [-0.25, -0.2) is 4.98 Å². The van der Waals surface area contributed by atoms with Gasteiger partial charge in [0.1, 0.15) is 5.82 Å². The molecule has 0 aromatic carbocycles. The molecule has 0 aliphatic carbocycles. The van der Waals surface area contributed by atoms with E-state index >= 15 is 0 Å². The molecule has 2 heterocycles. The van der Waals surface area contributed by atoms with Crippen LogP contribution in [0.1, 0.15) is 42.7 Å². The van der Waals surface area contributed by atoms with Crippen LogP contribution in [-0.4, -0.2) is 21.1 Å². The molecule has 4 heteroatoms.